The molecule has 166 valence electrons. The van der Waals surface area contributed by atoms with Crippen LogP contribution in [0.4, 0.5) is 29.3 Å². The minimum absolute atomic E-state index is 0.0506. The van der Waals surface area contributed by atoms with Gasteiger partial charge in [-0.1, -0.05) is 25.4 Å². The Hall–Kier alpha value is -3.74. The number of nitrogens with zero attached hydrogens (tertiary/aromatic N) is 7. The molecule has 4 heterocycles. The Bertz CT molecular complexity index is 1290. The summed E-state index contributed by atoms with van der Waals surface area (Å²) in [5, 5.41) is 17.2. The van der Waals surface area contributed by atoms with Crippen molar-refractivity contribution in [2.75, 3.05) is 10.6 Å². The monoisotopic (exact) mass is 465 g/mol. The van der Waals surface area contributed by atoms with Gasteiger partial charge in [-0.25, -0.2) is 19.3 Å². The standard InChI is InChI=1S/C18H15ClF3N9O/c1-9(2)16-11(7-24-15-6-14(19)29-30(15)16)28-17(32)27-10-5-13(18(20,21)22)23-8-12(10)31-25-3-4-26-31/h3-9H,1-2H3,(H2,23,27,28,32). The Morgan fingerprint density at radius 3 is 2.41 bits per heavy atom. The van der Waals surface area contributed by atoms with Gasteiger partial charge in [-0.15, -0.1) is 4.80 Å². The van der Waals surface area contributed by atoms with Crippen molar-refractivity contribution in [3.05, 3.63) is 53.5 Å². The van der Waals surface area contributed by atoms with Crippen LogP contribution in [0, 0.1) is 0 Å². The van der Waals surface area contributed by atoms with E-state index in [9.17, 15) is 18.0 Å². The summed E-state index contributed by atoms with van der Waals surface area (Å²) in [6.07, 6.45) is 0.324. The number of halogens is 4. The first-order chi connectivity index (χ1) is 15.1. The van der Waals surface area contributed by atoms with Gasteiger partial charge in [-0.3, -0.25) is 0 Å². The Balaban J connectivity index is 1.68. The van der Waals surface area contributed by atoms with Crippen LogP contribution >= 0.6 is 11.6 Å². The topological polar surface area (TPSA) is 115 Å². The number of carbonyl (C=O) groups excluding carboxylic acids is 1. The van der Waals surface area contributed by atoms with Crippen molar-refractivity contribution in [2.45, 2.75) is 25.9 Å². The third kappa shape index (κ3) is 4.19. The second kappa shape index (κ2) is 8.07. The second-order valence-electron chi connectivity index (χ2n) is 6.93. The molecule has 2 amide bonds. The minimum atomic E-state index is -4.71. The molecule has 14 heteroatoms. The molecule has 0 unspecified atom stereocenters. The molecular weight excluding hydrogens is 451 g/mol. The van der Waals surface area contributed by atoms with E-state index in [2.05, 4.69) is 35.9 Å². The van der Waals surface area contributed by atoms with E-state index >= 15 is 0 Å². The lowest BCUT2D eigenvalue weighted by Crippen LogP contribution is -2.23. The lowest BCUT2D eigenvalue weighted by Gasteiger charge is -2.16. The van der Waals surface area contributed by atoms with Gasteiger partial charge in [0.1, 0.15) is 11.4 Å². The number of hydrogen-bond acceptors (Lipinski definition) is 6. The Labute approximate surface area is 183 Å². The van der Waals surface area contributed by atoms with E-state index in [-0.39, 0.29) is 22.4 Å². The SMILES string of the molecule is CC(C)c1c(NC(=O)Nc2cc(C(F)(F)F)ncc2-n2nccn2)cnc2cc(Cl)nn12. The molecule has 4 rings (SSSR count). The van der Waals surface area contributed by atoms with E-state index in [1.165, 1.54) is 23.1 Å². The van der Waals surface area contributed by atoms with Crippen molar-refractivity contribution >= 4 is 34.7 Å². The zero-order valence-electron chi connectivity index (χ0n) is 16.6. The van der Waals surface area contributed by atoms with E-state index < -0.39 is 17.9 Å². The molecule has 0 aliphatic heterocycles. The molecule has 0 fully saturated rings. The van der Waals surface area contributed by atoms with Crippen LogP contribution in [0.5, 0.6) is 0 Å². The molecule has 0 aromatic carbocycles. The fourth-order valence-corrected chi connectivity index (χ4v) is 3.23. The van der Waals surface area contributed by atoms with Gasteiger partial charge in [-0.05, 0) is 12.0 Å². The van der Waals surface area contributed by atoms with Crippen LogP contribution in [0.1, 0.15) is 31.2 Å². The average molecular weight is 466 g/mol. The predicted octanol–water partition coefficient (Wildman–Crippen LogP) is 4.14. The Morgan fingerprint density at radius 1 is 1.06 bits per heavy atom. The van der Waals surface area contributed by atoms with Crippen LogP contribution in [0.15, 0.2) is 36.9 Å². The number of alkyl halides is 3. The maximum absolute atomic E-state index is 13.2. The highest BCUT2D eigenvalue weighted by Crippen LogP contribution is 2.31. The Morgan fingerprint density at radius 2 is 1.75 bits per heavy atom. The average Bonchev–Trinajstić information content (AvgIpc) is 3.35. The number of amides is 2. The zero-order chi connectivity index (χ0) is 23.0. The molecule has 0 saturated carbocycles. The fraction of sp³-hybridized carbons (Fsp3) is 0.222. The van der Waals surface area contributed by atoms with Gasteiger partial charge >= 0.3 is 12.2 Å². The molecule has 0 radical (unpaired) electrons. The molecule has 0 saturated heterocycles. The van der Waals surface area contributed by atoms with Crippen LogP contribution in [-0.4, -0.2) is 40.6 Å². The molecule has 10 nitrogen and oxygen atoms in total. The highest BCUT2D eigenvalue weighted by molar-refractivity contribution is 6.29. The van der Waals surface area contributed by atoms with Gasteiger partial charge in [0.15, 0.2) is 10.8 Å². The summed E-state index contributed by atoms with van der Waals surface area (Å²) >= 11 is 5.96. The van der Waals surface area contributed by atoms with E-state index in [1.807, 2.05) is 13.8 Å². The number of nitrogens with one attached hydrogen (secondary N) is 2. The van der Waals surface area contributed by atoms with Crippen molar-refractivity contribution in [3.63, 3.8) is 0 Å². The van der Waals surface area contributed by atoms with Crippen molar-refractivity contribution in [2.24, 2.45) is 0 Å². The van der Waals surface area contributed by atoms with Gasteiger partial charge in [0.05, 0.1) is 41.9 Å². The maximum atomic E-state index is 13.2. The normalized spacial score (nSPS) is 11.8. The molecule has 0 atom stereocenters. The summed E-state index contributed by atoms with van der Waals surface area (Å²) < 4.78 is 41.0. The predicted molar refractivity (Wildman–Crippen MR) is 109 cm³/mol. The highest BCUT2D eigenvalue weighted by atomic mass is 35.5. The molecule has 4 aromatic rings. The quantitative estimate of drug-likeness (QED) is 0.468. The molecule has 0 spiro atoms. The third-order valence-electron chi connectivity index (χ3n) is 4.34. The number of urea groups is 1. The van der Waals surface area contributed by atoms with Gasteiger partial charge in [0.2, 0.25) is 0 Å². The number of pyridine rings is 1. The van der Waals surface area contributed by atoms with E-state index in [4.69, 9.17) is 11.6 Å². The lowest BCUT2D eigenvalue weighted by molar-refractivity contribution is -0.141. The van der Waals surface area contributed by atoms with Crippen molar-refractivity contribution in [1.82, 2.24) is 34.6 Å². The molecule has 4 aromatic heterocycles. The summed E-state index contributed by atoms with van der Waals surface area (Å²) in [5.41, 5.74) is 0.0878. The van der Waals surface area contributed by atoms with Crippen molar-refractivity contribution in [1.29, 1.82) is 0 Å². The maximum Gasteiger partial charge on any atom is 0.433 e. The van der Waals surface area contributed by atoms with Crippen molar-refractivity contribution < 1.29 is 18.0 Å². The first-order valence-electron chi connectivity index (χ1n) is 9.19. The summed E-state index contributed by atoms with van der Waals surface area (Å²) in [6, 6.07) is 1.46. The second-order valence-corrected chi connectivity index (χ2v) is 7.32. The van der Waals surface area contributed by atoms with Gasteiger partial charge < -0.3 is 10.6 Å². The van der Waals surface area contributed by atoms with Gasteiger partial charge in [0.25, 0.3) is 0 Å². The first-order valence-corrected chi connectivity index (χ1v) is 9.57. The molecule has 2 N–H and O–H groups in total. The molecule has 0 aliphatic rings. The minimum Gasteiger partial charge on any atom is -0.305 e. The lowest BCUT2D eigenvalue weighted by atomic mass is 10.1. The van der Waals surface area contributed by atoms with Crippen molar-refractivity contribution in [3.8, 4) is 5.69 Å². The third-order valence-corrected chi connectivity index (χ3v) is 4.53. The summed E-state index contributed by atoms with van der Waals surface area (Å²) in [5.74, 6) is -0.0895. The number of fused-ring (bicyclic) bond motifs is 1. The van der Waals surface area contributed by atoms with E-state index in [0.717, 1.165) is 11.0 Å². The number of rotatable bonds is 4. The van der Waals surface area contributed by atoms with Crippen LogP contribution in [0.3, 0.4) is 0 Å². The van der Waals surface area contributed by atoms with Crippen LogP contribution in [-0.2, 0) is 6.18 Å². The summed E-state index contributed by atoms with van der Waals surface area (Å²) in [7, 11) is 0. The summed E-state index contributed by atoms with van der Waals surface area (Å²) in [4.78, 5) is 21.4. The van der Waals surface area contributed by atoms with Crippen LogP contribution in [0.25, 0.3) is 11.3 Å². The number of anilines is 2. The van der Waals surface area contributed by atoms with E-state index in [0.29, 0.717) is 23.1 Å². The zero-order valence-corrected chi connectivity index (χ0v) is 17.3. The summed E-state index contributed by atoms with van der Waals surface area (Å²) in [6.45, 7) is 3.76. The number of carbonyl (C=O) groups is 1. The smallest absolute Gasteiger partial charge is 0.305 e. The van der Waals surface area contributed by atoms with Crippen LogP contribution < -0.4 is 10.6 Å². The number of hydrogen-bond donors (Lipinski definition) is 2. The number of aromatic nitrogens is 7. The molecule has 32 heavy (non-hydrogen) atoms. The van der Waals surface area contributed by atoms with Gasteiger partial charge in [-0.2, -0.15) is 28.5 Å². The fourth-order valence-electron chi connectivity index (χ4n) is 3.05. The van der Waals surface area contributed by atoms with E-state index in [1.54, 1.807) is 6.07 Å². The molecular formula is C18H15ClF3N9O. The first kappa shape index (κ1) is 21.5. The Kier molecular flexibility index (Phi) is 5.42. The molecule has 0 aliphatic carbocycles. The highest BCUT2D eigenvalue weighted by Gasteiger charge is 2.33. The largest absolute Gasteiger partial charge is 0.433 e. The van der Waals surface area contributed by atoms with Crippen LogP contribution in [0.2, 0.25) is 5.15 Å². The molecule has 0 bridgehead atoms. The van der Waals surface area contributed by atoms with Gasteiger partial charge in [0, 0.05) is 6.07 Å².